The topological polar surface area (TPSA) is 706 Å². The summed E-state index contributed by atoms with van der Waals surface area (Å²) in [5.41, 5.74) is 30.7. The monoisotopic (exact) mass is 1920 g/mol. The largest absolute Gasteiger partial charge is 0.469 e. The van der Waals surface area contributed by atoms with E-state index >= 15 is 0 Å². The number of nitrogens with zero attached hydrogens (tertiary/aromatic N) is 14. The SMILES string of the molecule is CNC(=O)C1=NNC(C(=O)OC)=NN1.COC(=O)C1=NNC(C(=O)CCCO)=NN1.COC(=O)C1=NNC(C(=O)CCCSSCCNC(=O)C2=NNC(C(=O)OC)=NN2)=NN1.COC(=O)C1=NNC(C(=O)N(C)C)=NN1.COC(=O)C1=NNC(C(=O)OC)=C2C3CC(C12)C1C(=O)OC(=O)C31.COC(=O)C1C2C=CC(C1C(=O)OC)C1C3C(c4ccccc4)=NN=C(c4ccccc4)C3C21. The lowest BCUT2D eigenvalue weighted by Crippen LogP contribution is -2.68. The average Bonchev–Trinajstić information content (AvgIpc) is 1.49. The van der Waals surface area contributed by atoms with Gasteiger partial charge in [-0.05, 0) is 71.5 Å². The third-order valence-electron chi connectivity index (χ3n) is 21.8. The summed E-state index contributed by atoms with van der Waals surface area (Å²) in [5, 5.41) is 63.3. The quantitative estimate of drug-likeness (QED) is 0.00993. The first-order valence-electron chi connectivity index (χ1n) is 40.6. The predicted octanol–water partition coefficient (Wildman–Crippen LogP) is -5.17. The molecule has 0 aromatic heterocycles. The number of esters is 11. The van der Waals surface area contributed by atoms with E-state index in [4.69, 9.17) is 39.0 Å². The molecule has 718 valence electrons. The highest BCUT2D eigenvalue weighted by atomic mass is 33.1. The van der Waals surface area contributed by atoms with Gasteiger partial charge in [-0.3, -0.25) is 103 Å². The fourth-order valence-electron chi connectivity index (χ4n) is 16.0. The number of amidine groups is 10. The van der Waals surface area contributed by atoms with E-state index in [9.17, 15) is 76.7 Å². The van der Waals surface area contributed by atoms with Gasteiger partial charge in [0.05, 0.1) is 99.1 Å². The van der Waals surface area contributed by atoms with Crippen molar-refractivity contribution in [3.8, 4) is 0 Å². The summed E-state index contributed by atoms with van der Waals surface area (Å²) in [7, 11) is 19.0. The van der Waals surface area contributed by atoms with Gasteiger partial charge in [-0.2, -0.15) is 25.5 Å². The Morgan fingerprint density at radius 1 is 0.437 bits per heavy atom. The summed E-state index contributed by atoms with van der Waals surface area (Å²) in [4.78, 5) is 188. The third kappa shape index (κ3) is 23.6. The molecule has 135 heavy (non-hydrogen) atoms. The van der Waals surface area contributed by atoms with Gasteiger partial charge in [-0.25, -0.2) is 33.6 Å². The van der Waals surface area contributed by atoms with Crippen LogP contribution in [0.2, 0.25) is 0 Å². The fourth-order valence-corrected chi connectivity index (χ4v) is 18.0. The number of carbonyl (C=O) groups is 16. The van der Waals surface area contributed by atoms with Gasteiger partial charge in [0.1, 0.15) is 5.70 Å². The molecule has 13 unspecified atom stereocenters. The van der Waals surface area contributed by atoms with Crippen LogP contribution in [0, 0.1) is 76.9 Å². The number of aliphatic hydroxyl groups is 1. The first-order chi connectivity index (χ1) is 65.0. The summed E-state index contributed by atoms with van der Waals surface area (Å²) in [6.45, 7) is 0.319. The lowest BCUT2D eigenvalue weighted by Gasteiger charge is -2.65. The van der Waals surface area contributed by atoms with E-state index in [0.29, 0.717) is 42.9 Å². The number of ketones is 2. The van der Waals surface area contributed by atoms with Crippen LogP contribution in [0.1, 0.15) is 43.2 Å². The number of hydrogen-bond acceptors (Lipinski definition) is 53. The minimum Gasteiger partial charge on any atom is -0.469 e. The number of methoxy groups -OCH3 is 9. The van der Waals surface area contributed by atoms with Crippen LogP contribution >= 0.6 is 21.6 Å². The molecule has 8 aliphatic heterocycles. The Morgan fingerprint density at radius 2 is 0.815 bits per heavy atom. The Balaban J connectivity index is 0.000000173. The first kappa shape index (κ1) is 101. The predicted molar refractivity (Wildman–Crippen MR) is 474 cm³/mol. The maximum Gasteiger partial charge on any atom is 0.377 e. The number of likely N-dealkylation sites (N-methyl/N-ethyl adjacent to an activating group) is 2. The van der Waals surface area contributed by atoms with E-state index in [-0.39, 0.29) is 166 Å². The van der Waals surface area contributed by atoms with Crippen LogP contribution in [0.4, 0.5) is 0 Å². The number of hydrogen-bond donors (Lipinski definition) is 14. The number of aliphatic hydroxyl groups excluding tert-OH is 1. The van der Waals surface area contributed by atoms with E-state index in [1.807, 2.05) is 36.4 Å². The molecule has 56 heteroatoms. The van der Waals surface area contributed by atoms with Crippen molar-refractivity contribution >= 4 is 192 Å². The number of cyclic esters (lactones) is 2. The van der Waals surface area contributed by atoms with Crippen LogP contribution in [0.15, 0.2) is 150 Å². The Kier molecular flexibility index (Phi) is 35.9. The second-order valence-corrected chi connectivity index (χ2v) is 32.1. The number of amides is 3. The van der Waals surface area contributed by atoms with Crippen LogP contribution in [0.5, 0.6) is 0 Å². The summed E-state index contributed by atoms with van der Waals surface area (Å²) >= 11 is 0. The first-order valence-corrected chi connectivity index (χ1v) is 43.0. The molecule has 14 aliphatic rings. The molecular formula is C79H93N27O27S2. The van der Waals surface area contributed by atoms with Crippen molar-refractivity contribution in [1.29, 1.82) is 0 Å². The molecule has 1 saturated heterocycles. The average molecular weight is 1920 g/mol. The number of nitrogens with one attached hydrogen (secondary N) is 13. The zero-order valence-corrected chi connectivity index (χ0v) is 75.6. The maximum absolute atomic E-state index is 12.9. The molecule has 3 amide bonds. The Labute approximate surface area is 773 Å². The zero-order chi connectivity index (χ0) is 97.9. The number of fused-ring (bicyclic) bond motifs is 10. The lowest BCUT2D eigenvalue weighted by molar-refractivity contribution is -0.180. The normalized spacial score (nSPS) is 23.2. The second kappa shape index (κ2) is 47.9. The van der Waals surface area contributed by atoms with Crippen LogP contribution in [-0.4, -0.2) is 290 Å². The second-order valence-electron chi connectivity index (χ2n) is 29.4. The van der Waals surface area contributed by atoms with Crippen molar-refractivity contribution in [3.05, 3.63) is 95.2 Å². The molecule has 8 heterocycles. The number of Topliss-reactive ketones (excluding diaryl/α,β-unsaturated/α-hetero) is 2. The van der Waals surface area contributed by atoms with Gasteiger partial charge in [-0.15, -0.1) is 40.8 Å². The molecule has 13 atom stereocenters. The molecule has 4 saturated carbocycles. The molecule has 0 spiro atoms. The molecule has 6 aliphatic carbocycles. The number of allylic oxidation sites excluding steroid dienone is 3. The van der Waals surface area contributed by atoms with Gasteiger partial charge in [0.2, 0.25) is 40.7 Å². The van der Waals surface area contributed by atoms with Crippen molar-refractivity contribution < 1.29 is 129 Å². The highest BCUT2D eigenvalue weighted by Crippen LogP contribution is 2.67. The summed E-state index contributed by atoms with van der Waals surface area (Å²) in [6, 6.07) is 20.3. The van der Waals surface area contributed by atoms with E-state index in [1.165, 1.54) is 86.7 Å². The maximum atomic E-state index is 12.9. The van der Waals surface area contributed by atoms with Gasteiger partial charge in [0.25, 0.3) is 46.9 Å². The molecule has 5 fully saturated rings. The van der Waals surface area contributed by atoms with Crippen molar-refractivity contribution in [1.82, 2.24) is 75.2 Å². The van der Waals surface area contributed by atoms with Crippen molar-refractivity contribution in [2.75, 3.05) is 110 Å². The van der Waals surface area contributed by atoms with E-state index in [1.54, 1.807) is 24.9 Å². The minimum atomic E-state index is -0.711. The fraction of sp³-hybridized carbons (Fsp3) is 0.430. The van der Waals surface area contributed by atoms with Gasteiger partial charge in [-0.1, -0.05) is 94.4 Å². The molecule has 0 radical (unpaired) electrons. The van der Waals surface area contributed by atoms with Crippen molar-refractivity contribution in [3.63, 3.8) is 0 Å². The highest BCUT2D eigenvalue weighted by Gasteiger charge is 2.70. The highest BCUT2D eigenvalue weighted by molar-refractivity contribution is 8.76. The molecule has 2 aromatic carbocycles. The van der Waals surface area contributed by atoms with Gasteiger partial charge in [0.15, 0.2) is 5.71 Å². The van der Waals surface area contributed by atoms with Crippen LogP contribution < -0.4 is 70.3 Å². The number of hydrazone groups is 11. The van der Waals surface area contributed by atoms with E-state index < -0.39 is 95.1 Å². The zero-order valence-electron chi connectivity index (χ0n) is 73.9. The van der Waals surface area contributed by atoms with Crippen molar-refractivity contribution in [2.45, 2.75) is 32.1 Å². The Morgan fingerprint density at radius 3 is 1.20 bits per heavy atom. The van der Waals surface area contributed by atoms with Gasteiger partial charge >= 0.3 is 65.7 Å². The number of ether oxygens (including phenoxy) is 10. The standard InChI is InChI=1S/C28H26N2O4.C15H21N9O6S2.C15H14N2O7.C8H12N4O4.C7H11N5O3.C6H9N5O3/c1-33-27(31)21-17-13-14-18(22(21)28(32)34-2)20-19(17)23-24(20)26(16-11-7-4-8-12-16)30-29-25(23)15-9-5-3-6-10-15;1-29-14(27)11-21-17-9(18-22-11)8(25)4-3-6-31-32-7-5-16-13(26)10-19-23-12(24-20-10)15(28)30-2;1-22-14(20)10-6-4-3-5(9-8(4)12(18)24-13(9)19)7(6)11(17-16-10)15(21)23-2;1-16-8(15)7-11-9-6(10-12-7)5(14)3-2-4-13;1-12(2)6(13)4-8-10-5(11-9-4)7(14)15-3;1-7-5(12)3-8-10-4(11-9-3)6(13)14-2/h3-14,17-24H,1-2H3;3-7H2,1-2H3,(H,16,26)(H,17,18)(H,19,20)(H,21,22)(H,23,24);4-6,8-9,17H,3H2,1-2H3;13H,2-4H2,1H3,(H,9,10)(H,11,12);1-3H3,(H,8,9)(H,10,11);1-2H3,(H,7,12)(H,8,9)(H,10,11). The lowest BCUT2D eigenvalue weighted by atomic mass is 9.37. The van der Waals surface area contributed by atoms with Crippen LogP contribution in [-0.2, 0) is 124 Å². The molecule has 16 rings (SSSR count). The summed E-state index contributed by atoms with van der Waals surface area (Å²) < 4.78 is 46.7. The molecule has 4 bridgehead atoms. The third-order valence-corrected chi connectivity index (χ3v) is 24.3. The number of rotatable bonds is 27. The molecule has 14 N–H and O–H groups in total. The number of benzene rings is 2. The molecule has 2 aromatic rings. The molecular weight excluding hydrogens is 1820 g/mol. The molecule has 54 nitrogen and oxygen atoms in total. The summed E-state index contributed by atoms with van der Waals surface area (Å²) in [6.07, 6.45) is 6.14. The smallest absolute Gasteiger partial charge is 0.377 e. The Bertz CT molecular complexity index is 5300. The summed E-state index contributed by atoms with van der Waals surface area (Å²) in [5.74, 6) is -10.9. The van der Waals surface area contributed by atoms with Gasteiger partial charge in [0, 0.05) is 76.4 Å². The van der Waals surface area contributed by atoms with E-state index in [2.05, 4.69) is 187 Å². The minimum absolute atomic E-state index is 0.00102. The van der Waals surface area contributed by atoms with Crippen molar-refractivity contribution in [2.24, 2.45) is 143 Å². The Hall–Kier alpha value is -15.8. The number of carbonyl (C=O) groups excluding carboxylic acids is 16. The van der Waals surface area contributed by atoms with Gasteiger partial charge < -0.3 is 68.0 Å². The van der Waals surface area contributed by atoms with Crippen LogP contribution in [0.25, 0.3) is 0 Å². The van der Waals surface area contributed by atoms with Crippen LogP contribution in [0.3, 0.4) is 0 Å². The van der Waals surface area contributed by atoms with E-state index in [0.717, 1.165) is 22.6 Å².